The first-order valence-corrected chi connectivity index (χ1v) is 13.5. The van der Waals surface area contributed by atoms with E-state index in [1.165, 1.54) is 0 Å². The van der Waals surface area contributed by atoms with E-state index in [-0.39, 0.29) is 16.9 Å². The average molecular weight is 531 g/mol. The summed E-state index contributed by atoms with van der Waals surface area (Å²) in [5.41, 5.74) is 5.69. The first-order chi connectivity index (χ1) is 17.6. The van der Waals surface area contributed by atoms with Crippen LogP contribution < -0.4 is 10.6 Å². The molecule has 0 unspecified atom stereocenters. The van der Waals surface area contributed by atoms with Crippen LogP contribution in [0.4, 0.5) is 18.9 Å². The molecule has 4 aliphatic carbocycles. The quantitative estimate of drug-likeness (QED) is 0.449. The summed E-state index contributed by atoms with van der Waals surface area (Å²) in [7, 11) is 0. The van der Waals surface area contributed by atoms with Gasteiger partial charge in [0.2, 0.25) is 5.91 Å². The summed E-state index contributed by atoms with van der Waals surface area (Å²) in [5, 5.41) is 20.3. The zero-order valence-corrected chi connectivity index (χ0v) is 22.0. The Morgan fingerprint density at radius 2 is 1.55 bits per heavy atom. The number of fused-ring (bicyclic) bond motifs is 3. The highest BCUT2D eigenvalue weighted by molar-refractivity contribution is 5.96. The fraction of sp³-hybridized carbons (Fsp3) is 0.567. The van der Waals surface area contributed by atoms with Gasteiger partial charge < -0.3 is 20.8 Å². The lowest BCUT2D eigenvalue weighted by molar-refractivity contribution is -0.295. The Bertz CT molecular complexity index is 1170. The molecule has 4 aliphatic rings. The van der Waals surface area contributed by atoms with Gasteiger partial charge in [-0.2, -0.15) is 13.2 Å². The number of nitrogens with two attached hydrogens (primary N) is 1. The van der Waals surface area contributed by atoms with Gasteiger partial charge in [-0.15, -0.1) is 0 Å². The van der Waals surface area contributed by atoms with Crippen LogP contribution in [-0.4, -0.2) is 40.0 Å². The Balaban J connectivity index is 1.44. The van der Waals surface area contributed by atoms with Gasteiger partial charge in [0, 0.05) is 23.7 Å². The molecule has 4 fully saturated rings. The Kier molecular flexibility index (Phi) is 6.48. The molecule has 1 amide bonds. The molecule has 0 atom stereocenters. The number of benzene rings is 2. The summed E-state index contributed by atoms with van der Waals surface area (Å²) in [6, 6.07) is 15.1. The first kappa shape index (κ1) is 27.2. The van der Waals surface area contributed by atoms with E-state index in [0.29, 0.717) is 12.2 Å². The van der Waals surface area contributed by atoms with Gasteiger partial charge in [0.25, 0.3) is 0 Å². The van der Waals surface area contributed by atoms with Gasteiger partial charge in [-0.1, -0.05) is 36.4 Å². The van der Waals surface area contributed by atoms with Gasteiger partial charge in [-0.3, -0.25) is 4.79 Å². The minimum Gasteiger partial charge on any atom is -0.386 e. The van der Waals surface area contributed by atoms with Gasteiger partial charge >= 0.3 is 6.18 Å². The van der Waals surface area contributed by atoms with Gasteiger partial charge in [0.15, 0.2) is 5.60 Å². The van der Waals surface area contributed by atoms with Gasteiger partial charge in [-0.25, -0.2) is 0 Å². The molecule has 0 heterocycles. The zero-order valence-electron chi connectivity index (χ0n) is 22.0. The van der Waals surface area contributed by atoms with E-state index < -0.39 is 36.1 Å². The van der Waals surface area contributed by atoms with Crippen LogP contribution in [0, 0.1) is 11.3 Å². The molecule has 2 aromatic carbocycles. The van der Waals surface area contributed by atoms with Crippen LogP contribution in [0.1, 0.15) is 70.8 Å². The van der Waals surface area contributed by atoms with Crippen molar-refractivity contribution >= 4 is 11.6 Å². The molecule has 5 nitrogen and oxygen atoms in total. The second-order valence-corrected chi connectivity index (χ2v) is 12.6. The molecule has 0 aliphatic heterocycles. The van der Waals surface area contributed by atoms with Crippen molar-refractivity contribution in [2.24, 2.45) is 17.1 Å². The predicted molar refractivity (Wildman–Crippen MR) is 140 cm³/mol. The van der Waals surface area contributed by atoms with Crippen LogP contribution in [0.3, 0.4) is 0 Å². The topological polar surface area (TPSA) is 86.8 Å². The average Bonchev–Trinajstić information content (AvgIpc) is 2.85. The molecular formula is C30H37F3N2O3. The monoisotopic (exact) mass is 530 g/mol. The summed E-state index contributed by atoms with van der Waals surface area (Å²) in [5.74, 6) is -1.24. The molecule has 38 heavy (non-hydrogen) atoms. The summed E-state index contributed by atoms with van der Waals surface area (Å²) in [4.78, 5) is 15.4. The van der Waals surface area contributed by atoms with Crippen LogP contribution in [0.2, 0.25) is 0 Å². The van der Waals surface area contributed by atoms with Gasteiger partial charge in [0.05, 0.1) is 5.60 Å². The Labute approximate surface area is 221 Å². The number of hydrogen-bond donors (Lipinski definition) is 3. The first-order valence-electron chi connectivity index (χ1n) is 13.5. The minimum atomic E-state index is -4.75. The summed E-state index contributed by atoms with van der Waals surface area (Å²) >= 11 is 0. The van der Waals surface area contributed by atoms with Crippen LogP contribution >= 0.6 is 0 Å². The molecule has 0 saturated heterocycles. The van der Waals surface area contributed by atoms with E-state index in [1.807, 2.05) is 48.5 Å². The number of nitrogens with zero attached hydrogens (tertiary/aromatic N) is 1. The molecule has 2 bridgehead atoms. The number of carbonyl (C=O) groups excluding carboxylic acids is 1. The highest BCUT2D eigenvalue weighted by Crippen LogP contribution is 2.53. The summed E-state index contributed by atoms with van der Waals surface area (Å²) < 4.78 is 39.9. The van der Waals surface area contributed by atoms with Crippen molar-refractivity contribution in [2.45, 2.75) is 88.1 Å². The largest absolute Gasteiger partial charge is 0.417 e. The minimum absolute atomic E-state index is 0.106. The molecule has 206 valence electrons. The van der Waals surface area contributed by atoms with E-state index in [4.69, 9.17) is 5.73 Å². The van der Waals surface area contributed by atoms with Crippen molar-refractivity contribution in [3.63, 3.8) is 0 Å². The third-order valence-corrected chi connectivity index (χ3v) is 9.35. The maximum absolute atomic E-state index is 13.7. The molecule has 2 aromatic rings. The van der Waals surface area contributed by atoms with Crippen LogP contribution in [0.25, 0.3) is 11.1 Å². The SMILES string of the molecule is CC(C)(O)c1ccc(-c2cccc(N(CC34CCC(N)(CC3)CC4)C(=O)C3CC(O)(C(F)(F)F)C3)c2)cc1. The number of amides is 1. The van der Waals surface area contributed by atoms with Crippen LogP contribution in [0.15, 0.2) is 48.5 Å². The molecule has 6 rings (SSSR count). The van der Waals surface area contributed by atoms with Gasteiger partial charge in [0.1, 0.15) is 0 Å². The lowest BCUT2D eigenvalue weighted by atomic mass is 9.57. The van der Waals surface area contributed by atoms with Crippen molar-refractivity contribution in [3.05, 3.63) is 54.1 Å². The fourth-order valence-electron chi connectivity index (χ4n) is 6.47. The standard InChI is InChI=1S/C30H37F3N2O3/c1-26(2,37)23-8-6-20(7-9-23)21-4-3-5-24(16-21)35(19-27-10-13-28(34,14-11-27)15-12-27)25(36)22-17-29(38,18-22)30(31,32)33/h3-9,16,22,37-38H,10-15,17-19,34H2,1-2H3. The number of anilines is 1. The van der Waals surface area contributed by atoms with Crippen molar-refractivity contribution in [1.82, 2.24) is 0 Å². The van der Waals surface area contributed by atoms with Crippen molar-refractivity contribution in [3.8, 4) is 11.1 Å². The second kappa shape index (κ2) is 9.07. The molecule has 4 N–H and O–H groups in total. The van der Waals surface area contributed by atoms with Crippen molar-refractivity contribution < 1.29 is 28.2 Å². The maximum atomic E-state index is 13.7. The molecule has 0 spiro atoms. The number of rotatable bonds is 6. The third kappa shape index (κ3) is 4.98. The highest BCUT2D eigenvalue weighted by atomic mass is 19.4. The third-order valence-electron chi connectivity index (χ3n) is 9.35. The molecule has 0 aromatic heterocycles. The van der Waals surface area contributed by atoms with Crippen molar-refractivity contribution in [2.75, 3.05) is 11.4 Å². The van der Waals surface area contributed by atoms with E-state index >= 15 is 0 Å². The Morgan fingerprint density at radius 1 is 0.974 bits per heavy atom. The molecule has 0 radical (unpaired) electrons. The zero-order chi connectivity index (χ0) is 27.6. The number of halogens is 3. The predicted octanol–water partition coefficient (Wildman–Crippen LogP) is 5.67. The number of alkyl halides is 3. The lowest BCUT2D eigenvalue weighted by Crippen LogP contribution is -2.60. The Hall–Kier alpha value is -2.42. The smallest absolute Gasteiger partial charge is 0.386 e. The van der Waals surface area contributed by atoms with E-state index in [1.54, 1.807) is 18.7 Å². The van der Waals surface area contributed by atoms with E-state index in [0.717, 1.165) is 55.2 Å². The molecule has 4 saturated carbocycles. The van der Waals surface area contributed by atoms with Gasteiger partial charge in [-0.05, 0) is 99.5 Å². The molecule has 8 heteroatoms. The lowest BCUT2D eigenvalue weighted by Gasteiger charge is -2.54. The second-order valence-electron chi connectivity index (χ2n) is 12.6. The summed E-state index contributed by atoms with van der Waals surface area (Å²) in [6.45, 7) is 3.87. The Morgan fingerprint density at radius 3 is 2.08 bits per heavy atom. The van der Waals surface area contributed by atoms with Crippen LogP contribution in [-0.2, 0) is 10.4 Å². The maximum Gasteiger partial charge on any atom is 0.417 e. The normalized spacial score (nSPS) is 31.1. The highest BCUT2D eigenvalue weighted by Gasteiger charge is 2.63. The van der Waals surface area contributed by atoms with Crippen LogP contribution in [0.5, 0.6) is 0 Å². The van der Waals surface area contributed by atoms with E-state index in [9.17, 15) is 28.2 Å². The fourth-order valence-corrected chi connectivity index (χ4v) is 6.47. The molecular weight excluding hydrogens is 493 g/mol. The number of hydrogen-bond acceptors (Lipinski definition) is 4. The number of carbonyl (C=O) groups is 1. The summed E-state index contributed by atoms with van der Waals surface area (Å²) in [6.07, 6.45) is -0.626. The number of aliphatic hydroxyl groups is 2. The van der Waals surface area contributed by atoms with Crippen molar-refractivity contribution in [1.29, 1.82) is 0 Å². The van der Waals surface area contributed by atoms with E-state index in [2.05, 4.69) is 0 Å².